The van der Waals surface area contributed by atoms with Crippen molar-refractivity contribution in [2.75, 3.05) is 38.2 Å². The normalized spacial score (nSPS) is 17.3. The molecule has 1 saturated heterocycles. The molecule has 0 aromatic heterocycles. The molecule has 1 aliphatic heterocycles. The van der Waals surface area contributed by atoms with Crippen LogP contribution in [-0.4, -0.2) is 43.1 Å². The van der Waals surface area contributed by atoms with Crippen LogP contribution in [0.1, 0.15) is 29.5 Å². The highest BCUT2D eigenvalue weighted by Gasteiger charge is 2.25. The highest BCUT2D eigenvalue weighted by molar-refractivity contribution is 5.68. The summed E-state index contributed by atoms with van der Waals surface area (Å²) >= 11 is 0. The second-order valence-corrected chi connectivity index (χ2v) is 8.96. The van der Waals surface area contributed by atoms with Gasteiger partial charge in [0.1, 0.15) is 0 Å². The summed E-state index contributed by atoms with van der Waals surface area (Å²) in [5, 5.41) is 5.19. The predicted octanol–water partition coefficient (Wildman–Crippen LogP) is 5.40. The molecule has 1 heterocycles. The van der Waals surface area contributed by atoms with Gasteiger partial charge in [0.2, 0.25) is 0 Å². The lowest BCUT2D eigenvalue weighted by molar-refractivity contribution is 0.139. The number of aryl methyl sites for hydroxylation is 1. The van der Waals surface area contributed by atoms with Crippen LogP contribution in [0.15, 0.2) is 72.8 Å². The standard InChI is InChI=1S/C28H33N3/c1-29-18-20-30(21-19-29)31(28-17-9-14-24-12-5-8-16-27(24)28)22-25-13-6-7-15-26(25)23-10-3-2-4-11-23/h2-4,6-7,9-11,13-15,17H,5,8,12,16,18-22H2,1H3. The van der Waals surface area contributed by atoms with Gasteiger partial charge < -0.3 is 9.91 Å². The van der Waals surface area contributed by atoms with Crippen LogP contribution >= 0.6 is 0 Å². The van der Waals surface area contributed by atoms with E-state index in [4.69, 9.17) is 0 Å². The largest absolute Gasteiger partial charge is 0.304 e. The van der Waals surface area contributed by atoms with Gasteiger partial charge in [0.25, 0.3) is 0 Å². The van der Waals surface area contributed by atoms with Crippen LogP contribution in [0.25, 0.3) is 11.1 Å². The fraction of sp³-hybridized carbons (Fsp3) is 0.357. The zero-order valence-electron chi connectivity index (χ0n) is 18.6. The molecule has 5 rings (SSSR count). The molecular weight excluding hydrogens is 378 g/mol. The van der Waals surface area contributed by atoms with E-state index in [1.54, 1.807) is 11.1 Å². The molecule has 3 aromatic rings. The Morgan fingerprint density at radius 1 is 0.742 bits per heavy atom. The minimum absolute atomic E-state index is 0.908. The van der Waals surface area contributed by atoms with Crippen LogP contribution in [-0.2, 0) is 19.4 Å². The number of rotatable bonds is 5. The number of hydrazine groups is 1. The van der Waals surface area contributed by atoms with Crippen molar-refractivity contribution < 1.29 is 0 Å². The zero-order valence-corrected chi connectivity index (χ0v) is 18.6. The van der Waals surface area contributed by atoms with Crippen LogP contribution in [0.4, 0.5) is 5.69 Å². The van der Waals surface area contributed by atoms with E-state index in [9.17, 15) is 0 Å². The van der Waals surface area contributed by atoms with Crippen molar-refractivity contribution in [2.45, 2.75) is 32.2 Å². The van der Waals surface area contributed by atoms with Crippen molar-refractivity contribution in [1.29, 1.82) is 0 Å². The van der Waals surface area contributed by atoms with Gasteiger partial charge in [0, 0.05) is 26.2 Å². The molecule has 31 heavy (non-hydrogen) atoms. The third-order valence-electron chi connectivity index (χ3n) is 6.89. The van der Waals surface area contributed by atoms with Crippen molar-refractivity contribution in [3.05, 3.63) is 89.5 Å². The SMILES string of the molecule is CN1CCN(N(Cc2ccccc2-c2ccccc2)c2cccc3c2CCCC3)CC1. The first-order valence-electron chi connectivity index (χ1n) is 11.7. The summed E-state index contributed by atoms with van der Waals surface area (Å²) in [6.07, 6.45) is 5.05. The Morgan fingerprint density at radius 3 is 2.32 bits per heavy atom. The van der Waals surface area contributed by atoms with E-state index in [1.165, 1.54) is 48.1 Å². The number of benzene rings is 3. The van der Waals surface area contributed by atoms with Crippen molar-refractivity contribution in [3.63, 3.8) is 0 Å². The Kier molecular flexibility index (Phi) is 6.06. The zero-order chi connectivity index (χ0) is 21.0. The second-order valence-electron chi connectivity index (χ2n) is 8.96. The molecule has 0 N–H and O–H groups in total. The maximum atomic E-state index is 2.60. The molecule has 1 fully saturated rings. The molecule has 0 saturated carbocycles. The quantitative estimate of drug-likeness (QED) is 0.556. The van der Waals surface area contributed by atoms with E-state index in [1.807, 2.05) is 0 Å². The lowest BCUT2D eigenvalue weighted by Crippen LogP contribution is -2.53. The molecule has 0 unspecified atom stereocenters. The topological polar surface area (TPSA) is 9.72 Å². The number of hydrogen-bond acceptors (Lipinski definition) is 3. The Morgan fingerprint density at radius 2 is 1.48 bits per heavy atom. The molecule has 0 spiro atoms. The van der Waals surface area contributed by atoms with Gasteiger partial charge in [-0.15, -0.1) is 0 Å². The Balaban J connectivity index is 1.54. The highest BCUT2D eigenvalue weighted by Crippen LogP contribution is 2.34. The van der Waals surface area contributed by atoms with E-state index in [2.05, 4.69) is 94.8 Å². The van der Waals surface area contributed by atoms with Gasteiger partial charge in [-0.2, -0.15) is 0 Å². The molecule has 3 aromatic carbocycles. The van der Waals surface area contributed by atoms with Crippen LogP contribution in [0.2, 0.25) is 0 Å². The summed E-state index contributed by atoms with van der Waals surface area (Å²) in [6.45, 7) is 5.30. The minimum atomic E-state index is 0.908. The van der Waals surface area contributed by atoms with Gasteiger partial charge in [-0.3, -0.25) is 0 Å². The van der Waals surface area contributed by atoms with Gasteiger partial charge in [-0.25, -0.2) is 5.01 Å². The number of piperazine rings is 1. The molecule has 3 heteroatoms. The summed E-state index contributed by atoms with van der Waals surface area (Å²) in [7, 11) is 2.23. The molecule has 0 bridgehead atoms. The Bertz CT molecular complexity index is 1010. The first-order chi connectivity index (χ1) is 15.3. The molecule has 3 nitrogen and oxygen atoms in total. The summed E-state index contributed by atoms with van der Waals surface area (Å²) in [5.74, 6) is 0. The van der Waals surface area contributed by atoms with E-state index < -0.39 is 0 Å². The molecular formula is C28H33N3. The van der Waals surface area contributed by atoms with E-state index in [-0.39, 0.29) is 0 Å². The molecule has 2 aliphatic rings. The fourth-order valence-electron chi connectivity index (χ4n) is 5.10. The summed E-state index contributed by atoms with van der Waals surface area (Å²) in [6, 6.07) is 26.7. The third kappa shape index (κ3) is 4.39. The van der Waals surface area contributed by atoms with Gasteiger partial charge in [0.05, 0.1) is 12.2 Å². The first-order valence-corrected chi connectivity index (χ1v) is 11.7. The average molecular weight is 412 g/mol. The maximum absolute atomic E-state index is 2.60. The summed E-state index contributed by atoms with van der Waals surface area (Å²) < 4.78 is 0. The van der Waals surface area contributed by atoms with Crippen LogP contribution in [0.3, 0.4) is 0 Å². The minimum Gasteiger partial charge on any atom is -0.304 e. The van der Waals surface area contributed by atoms with Gasteiger partial charge >= 0.3 is 0 Å². The van der Waals surface area contributed by atoms with Gasteiger partial charge in [-0.05, 0) is 66.6 Å². The smallest absolute Gasteiger partial charge is 0.0603 e. The van der Waals surface area contributed by atoms with Crippen LogP contribution in [0.5, 0.6) is 0 Å². The van der Waals surface area contributed by atoms with Gasteiger partial charge in [0.15, 0.2) is 0 Å². The number of likely N-dealkylation sites (N-methyl/N-ethyl adjacent to an activating group) is 1. The third-order valence-corrected chi connectivity index (χ3v) is 6.89. The van der Waals surface area contributed by atoms with Crippen molar-refractivity contribution in [1.82, 2.24) is 9.91 Å². The number of nitrogens with zero attached hydrogens (tertiary/aromatic N) is 3. The van der Waals surface area contributed by atoms with Crippen molar-refractivity contribution in [3.8, 4) is 11.1 Å². The molecule has 1 aliphatic carbocycles. The Hall–Kier alpha value is -2.62. The molecule has 0 atom stereocenters. The average Bonchev–Trinajstić information content (AvgIpc) is 2.84. The molecule has 0 amide bonds. The van der Waals surface area contributed by atoms with Gasteiger partial charge in [-0.1, -0.05) is 66.7 Å². The Labute approximate surface area is 186 Å². The first kappa shape index (κ1) is 20.3. The second kappa shape index (κ2) is 9.25. The molecule has 160 valence electrons. The lowest BCUT2D eigenvalue weighted by Gasteiger charge is -2.43. The van der Waals surface area contributed by atoms with E-state index in [0.29, 0.717) is 0 Å². The highest BCUT2D eigenvalue weighted by atomic mass is 15.6. The monoisotopic (exact) mass is 411 g/mol. The van der Waals surface area contributed by atoms with E-state index in [0.717, 1.165) is 32.7 Å². The maximum Gasteiger partial charge on any atom is 0.0603 e. The van der Waals surface area contributed by atoms with Crippen molar-refractivity contribution in [2.24, 2.45) is 0 Å². The van der Waals surface area contributed by atoms with Crippen LogP contribution in [0, 0.1) is 0 Å². The number of anilines is 1. The fourth-order valence-corrected chi connectivity index (χ4v) is 5.10. The van der Waals surface area contributed by atoms with E-state index >= 15 is 0 Å². The number of hydrogen-bond donors (Lipinski definition) is 0. The number of fused-ring (bicyclic) bond motifs is 1. The summed E-state index contributed by atoms with van der Waals surface area (Å²) in [5.41, 5.74) is 8.58. The predicted molar refractivity (Wildman–Crippen MR) is 130 cm³/mol. The lowest BCUT2D eigenvalue weighted by atomic mass is 9.90. The van der Waals surface area contributed by atoms with Crippen LogP contribution < -0.4 is 5.01 Å². The van der Waals surface area contributed by atoms with Crippen molar-refractivity contribution >= 4 is 5.69 Å². The molecule has 0 radical (unpaired) electrons. The summed E-state index contributed by atoms with van der Waals surface area (Å²) in [4.78, 5) is 2.44.